The zero-order chi connectivity index (χ0) is 26.2. The van der Waals surface area contributed by atoms with Crippen LogP contribution in [0.4, 0.5) is 24.5 Å². The lowest BCUT2D eigenvalue weighted by atomic mass is 9.99. The number of anilines is 2. The lowest BCUT2D eigenvalue weighted by molar-refractivity contribution is -0.137. The van der Waals surface area contributed by atoms with Crippen molar-refractivity contribution in [3.05, 3.63) is 119 Å². The summed E-state index contributed by atoms with van der Waals surface area (Å²) >= 11 is 0. The molecule has 0 aromatic heterocycles. The highest BCUT2D eigenvalue weighted by Gasteiger charge is 2.30. The molecule has 5 rings (SSSR count). The van der Waals surface area contributed by atoms with Crippen LogP contribution in [-0.4, -0.2) is 16.7 Å². The van der Waals surface area contributed by atoms with E-state index in [-0.39, 0.29) is 11.8 Å². The summed E-state index contributed by atoms with van der Waals surface area (Å²) in [5, 5.41) is 2.78. The van der Waals surface area contributed by atoms with Gasteiger partial charge in [0.05, 0.1) is 16.9 Å². The number of carbonyl (C=O) groups excluding carboxylic acids is 2. The predicted octanol–water partition coefficient (Wildman–Crippen LogP) is 6.36. The van der Waals surface area contributed by atoms with Crippen molar-refractivity contribution in [2.75, 3.05) is 11.1 Å². The molecule has 0 saturated carbocycles. The Morgan fingerprint density at radius 3 is 2.24 bits per heavy atom. The van der Waals surface area contributed by atoms with Crippen molar-refractivity contribution in [1.29, 1.82) is 0 Å². The van der Waals surface area contributed by atoms with Gasteiger partial charge in [-0.15, -0.1) is 0 Å². The zero-order valence-corrected chi connectivity index (χ0v) is 19.5. The molecule has 0 saturated heterocycles. The molecule has 186 valence electrons. The van der Waals surface area contributed by atoms with Gasteiger partial charge in [0.15, 0.2) is 0 Å². The monoisotopic (exact) mass is 501 g/mol. The minimum Gasteiger partial charge on any atom is -0.397 e. The van der Waals surface area contributed by atoms with Gasteiger partial charge in [-0.05, 0) is 70.8 Å². The topological polar surface area (TPSA) is 75.4 Å². The van der Waals surface area contributed by atoms with E-state index in [2.05, 4.69) is 5.32 Å². The molecule has 8 heteroatoms. The fourth-order valence-electron chi connectivity index (χ4n) is 4.33. The van der Waals surface area contributed by atoms with Crippen molar-refractivity contribution < 1.29 is 22.8 Å². The van der Waals surface area contributed by atoms with Gasteiger partial charge >= 0.3 is 6.18 Å². The number of para-hydroxylation sites is 2. The van der Waals surface area contributed by atoms with Crippen LogP contribution in [0.3, 0.4) is 0 Å². The Morgan fingerprint density at radius 1 is 0.892 bits per heavy atom. The van der Waals surface area contributed by atoms with Crippen LogP contribution in [0.15, 0.2) is 91.0 Å². The first-order valence-electron chi connectivity index (χ1n) is 11.5. The number of benzene rings is 4. The van der Waals surface area contributed by atoms with Crippen molar-refractivity contribution in [1.82, 2.24) is 4.90 Å². The third kappa shape index (κ3) is 5.04. The first-order valence-corrected chi connectivity index (χ1v) is 11.5. The van der Waals surface area contributed by atoms with E-state index in [1.807, 2.05) is 6.07 Å². The van der Waals surface area contributed by atoms with Gasteiger partial charge in [0.25, 0.3) is 11.8 Å². The standard InChI is InChI=1S/C29H22F3N3O2/c30-29(31,32)23-12-9-19(10-13-23)21-11-14-24-22(15-21)17-35(28(24)37)16-18-5-7-20(8-6-18)27(36)34-26-4-2-1-3-25(26)33/h1-15H,16-17,33H2,(H,34,36). The van der Waals surface area contributed by atoms with Gasteiger partial charge < -0.3 is 16.0 Å². The molecule has 0 atom stereocenters. The number of nitrogens with one attached hydrogen (secondary N) is 1. The number of halogens is 3. The van der Waals surface area contributed by atoms with Crippen molar-refractivity contribution in [2.45, 2.75) is 19.3 Å². The number of alkyl halides is 3. The summed E-state index contributed by atoms with van der Waals surface area (Å²) in [7, 11) is 0. The second-order valence-corrected chi connectivity index (χ2v) is 8.85. The first-order chi connectivity index (χ1) is 17.7. The molecule has 0 aliphatic carbocycles. The van der Waals surface area contributed by atoms with Crippen molar-refractivity contribution in [2.24, 2.45) is 0 Å². The molecule has 3 N–H and O–H groups in total. The highest BCUT2D eigenvalue weighted by molar-refractivity contribution is 6.05. The van der Waals surface area contributed by atoms with Crippen LogP contribution in [0.2, 0.25) is 0 Å². The van der Waals surface area contributed by atoms with Crippen molar-refractivity contribution >= 4 is 23.2 Å². The molecule has 1 heterocycles. The Kier molecular flexibility index (Phi) is 6.17. The summed E-state index contributed by atoms with van der Waals surface area (Å²) in [5.41, 5.74) is 10.3. The van der Waals surface area contributed by atoms with Crippen LogP contribution >= 0.6 is 0 Å². The van der Waals surface area contributed by atoms with E-state index < -0.39 is 11.7 Å². The fraction of sp³-hybridized carbons (Fsp3) is 0.103. The maximum absolute atomic E-state index is 12.9. The van der Waals surface area contributed by atoms with E-state index in [1.165, 1.54) is 12.1 Å². The van der Waals surface area contributed by atoms with Crippen molar-refractivity contribution in [3.8, 4) is 11.1 Å². The molecule has 0 fully saturated rings. The van der Waals surface area contributed by atoms with Crippen LogP contribution in [-0.2, 0) is 19.3 Å². The Bertz CT molecular complexity index is 1480. The summed E-state index contributed by atoms with van der Waals surface area (Å²) in [6.45, 7) is 0.745. The number of fused-ring (bicyclic) bond motifs is 1. The summed E-state index contributed by atoms with van der Waals surface area (Å²) in [6, 6.07) is 24.3. The molecular formula is C29H22F3N3O2. The Morgan fingerprint density at radius 2 is 1.57 bits per heavy atom. The summed E-state index contributed by atoms with van der Waals surface area (Å²) in [6.07, 6.45) is -4.39. The van der Waals surface area contributed by atoms with E-state index in [0.717, 1.165) is 28.8 Å². The second-order valence-electron chi connectivity index (χ2n) is 8.85. The van der Waals surface area contributed by atoms with Crippen LogP contribution in [0, 0.1) is 0 Å². The largest absolute Gasteiger partial charge is 0.416 e. The van der Waals surface area contributed by atoms with Crippen molar-refractivity contribution in [3.63, 3.8) is 0 Å². The molecule has 2 amide bonds. The van der Waals surface area contributed by atoms with Gasteiger partial charge in [-0.3, -0.25) is 9.59 Å². The number of nitrogen functional groups attached to an aromatic ring is 1. The Labute approximate surface area is 211 Å². The quantitative estimate of drug-likeness (QED) is 0.313. The third-order valence-corrected chi connectivity index (χ3v) is 6.33. The van der Waals surface area contributed by atoms with Crippen LogP contribution in [0.5, 0.6) is 0 Å². The molecular weight excluding hydrogens is 479 g/mol. The molecule has 0 bridgehead atoms. The summed E-state index contributed by atoms with van der Waals surface area (Å²) < 4.78 is 38.6. The summed E-state index contributed by atoms with van der Waals surface area (Å²) in [4.78, 5) is 27.2. The molecule has 1 aliphatic rings. The van der Waals surface area contributed by atoms with E-state index in [9.17, 15) is 22.8 Å². The molecule has 4 aromatic rings. The highest BCUT2D eigenvalue weighted by atomic mass is 19.4. The molecule has 4 aromatic carbocycles. The minimum atomic E-state index is -4.39. The van der Waals surface area contributed by atoms with Crippen LogP contribution in [0.25, 0.3) is 11.1 Å². The van der Waals surface area contributed by atoms with E-state index in [4.69, 9.17) is 5.73 Å². The molecule has 0 radical (unpaired) electrons. The Balaban J connectivity index is 1.26. The number of nitrogens with two attached hydrogens (primary N) is 1. The third-order valence-electron chi connectivity index (χ3n) is 6.33. The van der Waals surface area contributed by atoms with Gasteiger partial charge in [0, 0.05) is 24.2 Å². The molecule has 5 nitrogen and oxygen atoms in total. The fourth-order valence-corrected chi connectivity index (χ4v) is 4.33. The minimum absolute atomic E-state index is 0.115. The number of hydrogen-bond donors (Lipinski definition) is 2. The van der Waals surface area contributed by atoms with E-state index >= 15 is 0 Å². The number of carbonyl (C=O) groups is 2. The average Bonchev–Trinajstić information content (AvgIpc) is 3.19. The summed E-state index contributed by atoms with van der Waals surface area (Å²) in [5.74, 6) is -0.403. The average molecular weight is 502 g/mol. The lowest BCUT2D eigenvalue weighted by Crippen LogP contribution is -2.23. The smallest absolute Gasteiger partial charge is 0.397 e. The molecule has 0 unspecified atom stereocenters. The van der Waals surface area contributed by atoms with E-state index in [1.54, 1.807) is 65.6 Å². The molecule has 37 heavy (non-hydrogen) atoms. The lowest BCUT2D eigenvalue weighted by Gasteiger charge is -2.16. The number of rotatable bonds is 5. The number of nitrogens with zero attached hydrogens (tertiary/aromatic N) is 1. The zero-order valence-electron chi connectivity index (χ0n) is 19.5. The van der Waals surface area contributed by atoms with Gasteiger partial charge in [0.2, 0.25) is 0 Å². The van der Waals surface area contributed by atoms with Gasteiger partial charge in [-0.2, -0.15) is 13.2 Å². The maximum atomic E-state index is 12.9. The van der Waals surface area contributed by atoms with Crippen LogP contribution < -0.4 is 11.1 Å². The maximum Gasteiger partial charge on any atom is 0.416 e. The SMILES string of the molecule is Nc1ccccc1NC(=O)c1ccc(CN2Cc3cc(-c4ccc(C(F)(F)F)cc4)ccc3C2=O)cc1. The normalized spacial score (nSPS) is 12.9. The molecule has 1 aliphatic heterocycles. The van der Waals surface area contributed by atoms with Gasteiger partial charge in [-0.1, -0.05) is 42.5 Å². The first kappa shape index (κ1) is 24.1. The van der Waals surface area contributed by atoms with Crippen LogP contribution in [0.1, 0.15) is 37.4 Å². The Hall–Kier alpha value is -4.59. The number of hydrogen-bond acceptors (Lipinski definition) is 3. The van der Waals surface area contributed by atoms with Gasteiger partial charge in [-0.25, -0.2) is 0 Å². The van der Waals surface area contributed by atoms with Gasteiger partial charge in [0.1, 0.15) is 0 Å². The second kappa shape index (κ2) is 9.46. The van der Waals surface area contributed by atoms with E-state index in [0.29, 0.717) is 41.2 Å². The number of amides is 2. The highest BCUT2D eigenvalue weighted by Crippen LogP contribution is 2.33. The predicted molar refractivity (Wildman–Crippen MR) is 136 cm³/mol. The molecule has 0 spiro atoms.